The highest BCUT2D eigenvalue weighted by molar-refractivity contribution is 14.0. The van der Waals surface area contributed by atoms with Gasteiger partial charge in [-0.05, 0) is 64.9 Å². The molecule has 0 amide bonds. The molecule has 2 rings (SSSR count). The van der Waals surface area contributed by atoms with Crippen LogP contribution in [-0.4, -0.2) is 73.9 Å². The Morgan fingerprint density at radius 1 is 1.26 bits per heavy atom. The summed E-state index contributed by atoms with van der Waals surface area (Å²) in [5.41, 5.74) is 1.14. The number of nitrogens with zero attached hydrogens (tertiary/aromatic N) is 4. The van der Waals surface area contributed by atoms with E-state index in [1.54, 1.807) is 0 Å². The number of aliphatic imine (C=N–C) groups is 1. The van der Waals surface area contributed by atoms with Crippen molar-refractivity contribution in [1.82, 2.24) is 20.5 Å². The van der Waals surface area contributed by atoms with E-state index in [0.717, 1.165) is 56.5 Å². The maximum absolute atomic E-state index is 5.82. The van der Waals surface area contributed by atoms with Crippen molar-refractivity contribution in [2.75, 3.05) is 44.7 Å². The Balaban J connectivity index is 0.00000480. The van der Waals surface area contributed by atoms with Crippen LogP contribution in [0.2, 0.25) is 0 Å². The first-order valence-corrected chi connectivity index (χ1v) is 11.5. The minimum atomic E-state index is 0. The van der Waals surface area contributed by atoms with Gasteiger partial charge in [0.15, 0.2) is 5.96 Å². The van der Waals surface area contributed by atoms with E-state index in [9.17, 15) is 0 Å². The molecular formula is C23H43IN6O. The van der Waals surface area contributed by atoms with E-state index in [1.807, 2.05) is 13.2 Å². The fourth-order valence-corrected chi connectivity index (χ4v) is 3.92. The first-order valence-electron chi connectivity index (χ1n) is 11.5. The lowest BCUT2D eigenvalue weighted by atomic mass is 10.2. The minimum Gasteiger partial charge on any atom is -0.372 e. The molecule has 1 aromatic rings. The molecule has 3 unspecified atom stereocenters. The molecule has 0 saturated carbocycles. The second-order valence-electron chi connectivity index (χ2n) is 8.33. The zero-order chi connectivity index (χ0) is 21.9. The number of halogens is 1. The minimum absolute atomic E-state index is 0. The van der Waals surface area contributed by atoms with Gasteiger partial charge in [-0.3, -0.25) is 4.99 Å². The van der Waals surface area contributed by atoms with E-state index in [0.29, 0.717) is 12.6 Å². The van der Waals surface area contributed by atoms with Gasteiger partial charge in [-0.25, -0.2) is 4.98 Å². The second-order valence-corrected chi connectivity index (χ2v) is 8.33. The monoisotopic (exact) mass is 546 g/mol. The molecule has 178 valence electrons. The van der Waals surface area contributed by atoms with Crippen molar-refractivity contribution in [3.63, 3.8) is 0 Å². The van der Waals surface area contributed by atoms with Gasteiger partial charge in [0.1, 0.15) is 5.82 Å². The Kier molecular flexibility index (Phi) is 13.4. The molecule has 0 aliphatic carbocycles. The topological polar surface area (TPSA) is 65.0 Å². The fraction of sp³-hybridized carbons (Fsp3) is 0.739. The number of rotatable bonds is 10. The molecule has 1 fully saturated rings. The Hall–Kier alpha value is -1.13. The lowest BCUT2D eigenvalue weighted by Gasteiger charge is -2.36. The normalized spacial score (nSPS) is 20.4. The molecule has 1 aliphatic rings. The number of morpholine rings is 1. The van der Waals surface area contributed by atoms with E-state index >= 15 is 0 Å². The van der Waals surface area contributed by atoms with Crippen LogP contribution in [0.1, 0.15) is 53.0 Å². The molecule has 0 aromatic carbocycles. The molecule has 7 nitrogen and oxygen atoms in total. The molecule has 1 aromatic heterocycles. The third-order valence-electron chi connectivity index (χ3n) is 5.63. The molecule has 1 aliphatic heterocycles. The van der Waals surface area contributed by atoms with Crippen molar-refractivity contribution < 1.29 is 4.74 Å². The number of hydrogen-bond donors (Lipinski definition) is 2. The smallest absolute Gasteiger partial charge is 0.191 e. The largest absolute Gasteiger partial charge is 0.372 e. The van der Waals surface area contributed by atoms with Crippen LogP contribution in [0.4, 0.5) is 5.82 Å². The van der Waals surface area contributed by atoms with Crippen molar-refractivity contribution in [3.8, 4) is 0 Å². The van der Waals surface area contributed by atoms with E-state index in [-0.39, 0.29) is 36.2 Å². The van der Waals surface area contributed by atoms with Crippen molar-refractivity contribution in [2.24, 2.45) is 4.99 Å². The Morgan fingerprint density at radius 3 is 2.48 bits per heavy atom. The van der Waals surface area contributed by atoms with Gasteiger partial charge in [0.2, 0.25) is 0 Å². The summed E-state index contributed by atoms with van der Waals surface area (Å²) >= 11 is 0. The van der Waals surface area contributed by atoms with Gasteiger partial charge in [0.25, 0.3) is 0 Å². The van der Waals surface area contributed by atoms with E-state index in [1.165, 1.54) is 6.42 Å². The third kappa shape index (κ3) is 9.91. The summed E-state index contributed by atoms with van der Waals surface area (Å²) < 4.78 is 5.82. The van der Waals surface area contributed by atoms with Crippen molar-refractivity contribution in [1.29, 1.82) is 0 Å². The van der Waals surface area contributed by atoms with Gasteiger partial charge in [-0.1, -0.05) is 19.9 Å². The van der Waals surface area contributed by atoms with Crippen molar-refractivity contribution in [2.45, 2.75) is 72.3 Å². The molecule has 0 radical (unpaired) electrons. The fourth-order valence-electron chi connectivity index (χ4n) is 3.92. The van der Waals surface area contributed by atoms with Crippen molar-refractivity contribution >= 4 is 35.8 Å². The van der Waals surface area contributed by atoms with E-state index in [2.05, 4.69) is 77.2 Å². The molecular weight excluding hydrogens is 503 g/mol. The molecule has 0 spiro atoms. The number of guanidine groups is 1. The molecule has 31 heavy (non-hydrogen) atoms. The number of anilines is 1. The number of ether oxygens (including phenoxy) is 1. The lowest BCUT2D eigenvalue weighted by Crippen LogP contribution is -2.45. The lowest BCUT2D eigenvalue weighted by molar-refractivity contribution is -0.00545. The van der Waals surface area contributed by atoms with Gasteiger partial charge >= 0.3 is 0 Å². The zero-order valence-electron chi connectivity index (χ0n) is 20.2. The van der Waals surface area contributed by atoms with Gasteiger partial charge in [0.05, 0.1) is 12.2 Å². The van der Waals surface area contributed by atoms with Crippen LogP contribution in [0.3, 0.4) is 0 Å². The number of nitrogens with one attached hydrogen (secondary N) is 2. The highest BCUT2D eigenvalue weighted by Crippen LogP contribution is 2.18. The summed E-state index contributed by atoms with van der Waals surface area (Å²) in [5.74, 6) is 1.86. The van der Waals surface area contributed by atoms with Gasteiger partial charge in [-0.15, -0.1) is 24.0 Å². The van der Waals surface area contributed by atoms with Crippen LogP contribution >= 0.6 is 24.0 Å². The summed E-state index contributed by atoms with van der Waals surface area (Å²) in [7, 11) is 1.82. The van der Waals surface area contributed by atoms with Crippen LogP contribution < -0.4 is 15.5 Å². The van der Waals surface area contributed by atoms with Gasteiger partial charge in [-0.2, -0.15) is 0 Å². The Bertz CT molecular complexity index is 627. The van der Waals surface area contributed by atoms with Crippen LogP contribution in [0.15, 0.2) is 23.3 Å². The van der Waals surface area contributed by atoms with Crippen LogP contribution in [0.25, 0.3) is 0 Å². The molecule has 8 heteroatoms. The van der Waals surface area contributed by atoms with Gasteiger partial charge < -0.3 is 25.2 Å². The average molecular weight is 547 g/mol. The Labute approximate surface area is 206 Å². The standard InChI is InChI=1S/C23H42N6O.HI/c1-7-28(8-2)13-9-10-18(3)27-23(24-6)26-15-21-11-12-22(25-14-21)29-16-19(4)30-20(5)17-29;/h11-12,14,18-20H,7-10,13,15-17H2,1-6H3,(H2,24,26,27);1H. The van der Waals surface area contributed by atoms with E-state index < -0.39 is 0 Å². The maximum atomic E-state index is 5.82. The Morgan fingerprint density at radius 2 is 1.94 bits per heavy atom. The quantitative estimate of drug-likeness (QED) is 0.266. The van der Waals surface area contributed by atoms with Crippen LogP contribution in [0, 0.1) is 0 Å². The highest BCUT2D eigenvalue weighted by atomic mass is 127. The predicted molar refractivity (Wildman–Crippen MR) is 142 cm³/mol. The first-order chi connectivity index (χ1) is 14.4. The second kappa shape index (κ2) is 14.8. The SMILES string of the molecule is CCN(CC)CCCC(C)NC(=NC)NCc1ccc(N2CC(C)OC(C)C2)nc1.I. The first kappa shape index (κ1) is 27.9. The number of aromatic nitrogens is 1. The molecule has 1 saturated heterocycles. The molecule has 3 atom stereocenters. The van der Waals surface area contributed by atoms with Crippen molar-refractivity contribution in [3.05, 3.63) is 23.9 Å². The predicted octanol–water partition coefficient (Wildman–Crippen LogP) is 3.49. The summed E-state index contributed by atoms with van der Waals surface area (Å²) in [6, 6.07) is 4.63. The summed E-state index contributed by atoms with van der Waals surface area (Å²) in [4.78, 5) is 13.8. The zero-order valence-corrected chi connectivity index (χ0v) is 22.6. The summed E-state index contributed by atoms with van der Waals surface area (Å²) in [5, 5.41) is 6.90. The molecule has 2 N–H and O–H groups in total. The molecule has 0 bridgehead atoms. The summed E-state index contributed by atoms with van der Waals surface area (Å²) in [6.45, 7) is 16.8. The summed E-state index contributed by atoms with van der Waals surface area (Å²) in [6.07, 6.45) is 4.75. The van der Waals surface area contributed by atoms with Gasteiger partial charge in [0, 0.05) is 38.9 Å². The average Bonchev–Trinajstić information content (AvgIpc) is 2.74. The van der Waals surface area contributed by atoms with E-state index in [4.69, 9.17) is 4.74 Å². The number of hydrogen-bond acceptors (Lipinski definition) is 5. The number of pyridine rings is 1. The van der Waals surface area contributed by atoms with Crippen LogP contribution in [0.5, 0.6) is 0 Å². The molecule has 2 heterocycles. The highest BCUT2D eigenvalue weighted by Gasteiger charge is 2.22. The van der Waals surface area contributed by atoms with Crippen LogP contribution in [-0.2, 0) is 11.3 Å². The maximum Gasteiger partial charge on any atom is 0.191 e. The third-order valence-corrected chi connectivity index (χ3v) is 5.63.